The third-order valence-electron chi connectivity index (χ3n) is 32.5. The van der Waals surface area contributed by atoms with Crippen molar-refractivity contribution in [1.82, 2.24) is 61.2 Å². The molecule has 0 radical (unpaired) electrons. The lowest BCUT2D eigenvalue weighted by atomic mass is 9.58. The van der Waals surface area contributed by atoms with E-state index >= 15 is 0 Å². The van der Waals surface area contributed by atoms with Crippen molar-refractivity contribution in [1.29, 1.82) is 5.26 Å². The largest absolute Gasteiger partial charge is 0.342 e. The van der Waals surface area contributed by atoms with Crippen LogP contribution >= 0.6 is 0 Å². The molecule has 6 aliphatic heterocycles. The van der Waals surface area contributed by atoms with Gasteiger partial charge in [-0.25, -0.2) is 0 Å². The molecule has 0 bridgehead atoms. The first-order chi connectivity index (χ1) is 66.3. The van der Waals surface area contributed by atoms with Gasteiger partial charge in [0.15, 0.2) is 75.4 Å². The molecule has 12 N–H and O–H groups in total. The van der Waals surface area contributed by atoms with E-state index in [1.54, 1.807) is 0 Å². The normalized spacial score (nSPS) is 23.9. The lowest BCUT2D eigenvalue weighted by Gasteiger charge is -2.47. The van der Waals surface area contributed by atoms with Crippen LogP contribution in [0.5, 0.6) is 0 Å². The maximum absolute atomic E-state index is 13.2. The van der Waals surface area contributed by atoms with Crippen molar-refractivity contribution in [2.24, 2.45) is 32.5 Å². The number of aromatic nitrogens is 12. The second-order valence-electron chi connectivity index (χ2n) is 47.5. The summed E-state index contributed by atoms with van der Waals surface area (Å²) in [5.74, 6) is 6.24. The number of nitriles is 1. The number of nitrogens with one attached hydrogen (secondary N) is 12. The molecule has 9 aromatic rings. The van der Waals surface area contributed by atoms with Crippen molar-refractivity contribution < 1.29 is 33.6 Å². The van der Waals surface area contributed by atoms with Gasteiger partial charge in [-0.2, -0.15) is 35.9 Å². The summed E-state index contributed by atoms with van der Waals surface area (Å²) >= 11 is 0. The van der Waals surface area contributed by atoms with Crippen LogP contribution in [0.4, 0.5) is 34.9 Å². The van der Waals surface area contributed by atoms with Crippen LogP contribution in [0.2, 0.25) is 0 Å². The molecule has 3 unspecified atom stereocenters. The van der Waals surface area contributed by atoms with Crippen LogP contribution in [-0.4, -0.2) is 102 Å². The Morgan fingerprint density at radius 3 is 1.06 bits per heavy atom. The number of allylic oxidation sites excluding steroid dienone is 12. The first kappa shape index (κ1) is 97.6. The third-order valence-corrected chi connectivity index (χ3v) is 32.5. The average Bonchev–Trinajstić information content (AvgIpc) is 1.22. The number of aryl methyl sites for hydroxylation is 4. The highest BCUT2D eigenvalue weighted by molar-refractivity contribution is 6.08. The van der Waals surface area contributed by atoms with Crippen molar-refractivity contribution >= 4 is 75.4 Å². The zero-order valence-corrected chi connectivity index (χ0v) is 85.9. The average molecular weight is 1890 g/mol. The predicted octanol–water partition coefficient (Wildman–Crippen LogP) is 23.8. The Morgan fingerprint density at radius 2 is 0.657 bits per heavy atom. The topological polar surface area (TPSA) is 388 Å². The van der Waals surface area contributed by atoms with Gasteiger partial charge < -0.3 is 31.9 Å². The van der Waals surface area contributed by atoms with E-state index in [0.717, 1.165) is 237 Å². The van der Waals surface area contributed by atoms with E-state index in [9.17, 15) is 38.8 Å². The Labute approximate surface area is 822 Å². The molecule has 2 fully saturated rings. The summed E-state index contributed by atoms with van der Waals surface area (Å²) in [5.41, 5.74) is 25.1. The second kappa shape index (κ2) is 35.8. The second-order valence-corrected chi connectivity index (χ2v) is 47.5. The number of ketones is 7. The molecule has 734 valence electrons. The minimum atomic E-state index is -0.710. The van der Waals surface area contributed by atoms with Gasteiger partial charge in [0.1, 0.15) is 17.5 Å². The number of carbonyl (C=O) groups excluding carboxylic acids is 7. The highest BCUT2D eigenvalue weighted by Crippen LogP contribution is 2.62. The Kier molecular flexibility index (Phi) is 25.0. The molecule has 23 rings (SSSR count). The molecule has 2 saturated carbocycles. The summed E-state index contributed by atoms with van der Waals surface area (Å²) in [7, 11) is 0. The molecule has 14 aliphatic rings. The fourth-order valence-electron chi connectivity index (χ4n) is 27.5. The summed E-state index contributed by atoms with van der Waals surface area (Å²) in [5, 5.41) is 74.7. The number of rotatable bonds is 8. The number of hydrogen-bond donors (Lipinski definition) is 12. The van der Waals surface area contributed by atoms with Crippen molar-refractivity contribution in [3.8, 4) is 6.07 Å². The number of H-pyrrole nitrogens is 6. The fourth-order valence-corrected chi connectivity index (χ4v) is 27.5. The van der Waals surface area contributed by atoms with Crippen LogP contribution in [0, 0.1) is 71.5 Å². The molecule has 6 aromatic heterocycles. The maximum atomic E-state index is 13.2. The Hall–Kier alpha value is -12.7. The lowest BCUT2D eigenvalue weighted by Crippen LogP contribution is -2.44. The number of anilines is 6. The van der Waals surface area contributed by atoms with E-state index in [1.165, 1.54) is 55.7 Å². The molecule has 0 amide bonds. The summed E-state index contributed by atoms with van der Waals surface area (Å²) in [6.45, 7) is 44.3. The standard InChI is InChI=1S/C21H23N3O2.C20H23N3O.C19H18N4O.C19H29N3O.C18H25N3O.C17H23N3O/c1-12(25)18-17-19(24-23-18)22-14-10-20(2,3)11-15(26)16(14)21(17,4)13-8-6-5-7-9-13;1-12-16-18(23-22-12)21-14-10-19(2,3)11-15(24)17(14)20(16,4)13-8-6-5-7-9-13;1-19(2)8-12-16(14(24)9-19)15(11-6-4-3-5-7-11)17-13(10-20)22-23-18(17)21-12;1-6-8-19(9-7-2)15-12(3)21-22-17(15)20-13-10-18(4,5)11-14(23)16(13)19;1-11-14-16(21-20-11)19-12-9-17(2,3)10-13(22)15(12)18(14)7-5-4-6-8-18;1-10-13-15(20-19-10)18-11-8-16(2,3)9-12(21)14(11)17(13)6-4-5-7-17/h5-9H,10-11H2,1-4H3,(H2,22,23,24);5-9H,10-11H2,1-4H3,(H2,21,22,23);3-7,15H,8-9H2,1-2H3,(H2,21,22,23);6-11H2,1-5H3,(H2,20,21,22);4-10H2,1-3H3,(H2,19,20,21);4-9H2,1-3H3,(H2,18,19,20). The van der Waals surface area contributed by atoms with Gasteiger partial charge in [0.05, 0.1) is 10.8 Å². The van der Waals surface area contributed by atoms with Crippen LogP contribution in [0.3, 0.4) is 0 Å². The quantitative estimate of drug-likeness (QED) is 0.0629. The molecule has 8 aliphatic carbocycles. The van der Waals surface area contributed by atoms with E-state index in [4.69, 9.17) is 0 Å². The Bertz CT molecular complexity index is 6780. The smallest absolute Gasteiger partial charge is 0.177 e. The van der Waals surface area contributed by atoms with E-state index in [-0.39, 0.29) is 77.8 Å². The summed E-state index contributed by atoms with van der Waals surface area (Å²) in [4.78, 5) is 90.6. The van der Waals surface area contributed by atoms with Crippen LogP contribution in [0.15, 0.2) is 159 Å². The van der Waals surface area contributed by atoms with Gasteiger partial charge in [-0.3, -0.25) is 64.2 Å². The van der Waals surface area contributed by atoms with E-state index < -0.39 is 10.8 Å². The Balaban J connectivity index is 0.000000111. The van der Waals surface area contributed by atoms with E-state index in [2.05, 4.69) is 236 Å². The zero-order chi connectivity index (χ0) is 99.9. The monoisotopic (exact) mass is 1890 g/mol. The van der Waals surface area contributed by atoms with Gasteiger partial charge in [-0.15, -0.1) is 0 Å². The molecule has 140 heavy (non-hydrogen) atoms. The Morgan fingerprint density at radius 1 is 0.350 bits per heavy atom. The van der Waals surface area contributed by atoms with Gasteiger partial charge in [-0.1, -0.05) is 233 Å². The minimum absolute atomic E-state index is 0.0238. The van der Waals surface area contributed by atoms with Crippen LogP contribution < -0.4 is 31.9 Å². The lowest BCUT2D eigenvalue weighted by molar-refractivity contribution is -0.120. The molecule has 12 heterocycles. The molecule has 26 heteroatoms. The third kappa shape index (κ3) is 16.9. The number of Topliss-reactive ketones (excluding diaryl/α,β-unsaturated/α-hetero) is 7. The predicted molar refractivity (Wildman–Crippen MR) is 548 cm³/mol. The summed E-state index contributed by atoms with van der Waals surface area (Å²) in [6.07, 6.45) is 23.5. The zero-order valence-electron chi connectivity index (χ0n) is 85.9. The molecule has 2 spiro atoms. The van der Waals surface area contributed by atoms with Gasteiger partial charge in [0, 0.05) is 191 Å². The number of nitrogens with zero attached hydrogens (tertiary/aromatic N) is 7. The fraction of sp³-hybridized carbons (Fsp3) is 0.509. The molecular formula is C114H141N19O7. The first-order valence-corrected chi connectivity index (χ1v) is 51.0. The molecule has 3 aromatic carbocycles. The highest BCUT2D eigenvalue weighted by Gasteiger charge is 2.58. The summed E-state index contributed by atoms with van der Waals surface area (Å²) in [6, 6.07) is 32.3. The van der Waals surface area contributed by atoms with E-state index in [0.29, 0.717) is 78.9 Å². The van der Waals surface area contributed by atoms with Crippen molar-refractivity contribution in [3.05, 3.63) is 243 Å². The number of aromatic amines is 6. The molecule has 26 nitrogen and oxygen atoms in total. The first-order valence-electron chi connectivity index (χ1n) is 51.0. The van der Waals surface area contributed by atoms with Gasteiger partial charge in [-0.05, 0) is 168 Å². The number of fused-ring (bicyclic) bond motifs is 10. The number of hydrogen-bond acceptors (Lipinski definition) is 20. The summed E-state index contributed by atoms with van der Waals surface area (Å²) < 4.78 is 0. The maximum Gasteiger partial charge on any atom is 0.177 e. The van der Waals surface area contributed by atoms with Crippen LogP contribution in [0.1, 0.15) is 373 Å². The van der Waals surface area contributed by atoms with Gasteiger partial charge in [0.25, 0.3) is 0 Å². The number of carbonyl (C=O) groups is 7. The molecule has 3 atom stereocenters. The van der Waals surface area contributed by atoms with Crippen molar-refractivity contribution in [3.63, 3.8) is 0 Å². The van der Waals surface area contributed by atoms with Crippen molar-refractivity contribution in [2.45, 2.75) is 339 Å². The van der Waals surface area contributed by atoms with Gasteiger partial charge >= 0.3 is 0 Å². The number of benzene rings is 3. The SMILES string of the molecule is CC(=O)c1[nH]nc2c1C(C)(c1ccccc1)C1=C(CC(C)(C)CC1=O)N2.CC1(C)CC(=O)C2=C(C1)Nc1n[nH]c(C#N)c1C2c1ccccc1.CCCC1(CCC)C2=C(CC(C)(C)CC2=O)Nc2n[nH]c(C)c21.Cc1[nH]nc2c1C(C)(c1ccccc1)C1=C(CC(C)(C)CC1=O)N2.Cc1[nH]nc2c1C1(CCCC1)C1=C(CC(C)(C)CC1=O)N2.Cc1[nH]nc2c1C1(CCCCC1)C1=C(CC(C)(C)CC1=O)N2. The minimum Gasteiger partial charge on any atom is -0.342 e. The van der Waals surface area contributed by atoms with E-state index in [1.807, 2.05) is 92.7 Å². The highest BCUT2D eigenvalue weighted by atomic mass is 16.2. The molecular weight excluding hydrogens is 1750 g/mol. The van der Waals surface area contributed by atoms with Crippen molar-refractivity contribution in [2.75, 3.05) is 31.9 Å². The molecule has 0 saturated heterocycles. The van der Waals surface area contributed by atoms with Gasteiger partial charge in [0.2, 0.25) is 0 Å². The van der Waals surface area contributed by atoms with Crippen LogP contribution in [0.25, 0.3) is 0 Å². The van der Waals surface area contributed by atoms with Crippen LogP contribution in [-0.2, 0) is 55.8 Å².